The number of carbonyl (C=O) groups excluding carboxylic acids is 1. The molecular weight excluding hydrogens is 316 g/mol. The molecule has 1 fully saturated rings. The van der Waals surface area contributed by atoms with E-state index in [1.807, 2.05) is 0 Å². The topological polar surface area (TPSA) is 73.6 Å². The van der Waals surface area contributed by atoms with Gasteiger partial charge in [0.2, 0.25) is 5.91 Å². The first-order chi connectivity index (χ1) is 11.1. The third-order valence-corrected chi connectivity index (χ3v) is 4.75. The van der Waals surface area contributed by atoms with Crippen molar-refractivity contribution in [3.05, 3.63) is 29.3 Å². The molecule has 0 heterocycles. The summed E-state index contributed by atoms with van der Waals surface area (Å²) in [5, 5.41) is 18.6. The van der Waals surface area contributed by atoms with Crippen LogP contribution in [-0.2, 0) is 11.3 Å². The number of nitriles is 1. The molecule has 0 aliphatic heterocycles. The number of rotatable bonds is 7. The molecule has 1 amide bonds. The van der Waals surface area contributed by atoms with Crippen LogP contribution in [0.3, 0.4) is 0 Å². The van der Waals surface area contributed by atoms with Gasteiger partial charge in [0.15, 0.2) is 0 Å². The summed E-state index contributed by atoms with van der Waals surface area (Å²) in [5.74, 6) is 0.306. The van der Waals surface area contributed by atoms with Gasteiger partial charge in [-0.3, -0.25) is 4.79 Å². The van der Waals surface area contributed by atoms with Gasteiger partial charge in [-0.05, 0) is 25.0 Å². The molecule has 2 rings (SSSR count). The Kier molecular flexibility index (Phi) is 5.86. The van der Waals surface area contributed by atoms with Crippen LogP contribution < -0.4 is 4.74 Å². The molecular formula is C17H21ClN2O3. The van der Waals surface area contributed by atoms with Gasteiger partial charge in [-0.1, -0.05) is 12.5 Å². The number of halogens is 1. The van der Waals surface area contributed by atoms with Gasteiger partial charge in [0.05, 0.1) is 25.3 Å². The van der Waals surface area contributed by atoms with Gasteiger partial charge in [0.1, 0.15) is 11.6 Å². The summed E-state index contributed by atoms with van der Waals surface area (Å²) in [6.07, 6.45) is 2.91. The third-order valence-electron chi connectivity index (χ3n) is 4.52. The number of nitrogens with zero attached hydrogens (tertiary/aromatic N) is 2. The molecule has 0 spiro atoms. The Hall–Kier alpha value is -1.77. The Morgan fingerprint density at radius 3 is 2.74 bits per heavy atom. The number of carbonyl (C=O) groups is 1. The van der Waals surface area contributed by atoms with E-state index in [1.54, 1.807) is 23.1 Å². The molecule has 0 aromatic heterocycles. The molecule has 5 nitrogen and oxygen atoms in total. The molecule has 23 heavy (non-hydrogen) atoms. The van der Waals surface area contributed by atoms with E-state index in [1.165, 1.54) is 7.11 Å². The minimum absolute atomic E-state index is 0.0730. The van der Waals surface area contributed by atoms with Crippen LogP contribution in [0.4, 0.5) is 0 Å². The first-order valence-electron chi connectivity index (χ1n) is 7.59. The van der Waals surface area contributed by atoms with Gasteiger partial charge in [0.25, 0.3) is 0 Å². The second-order valence-electron chi connectivity index (χ2n) is 6.03. The van der Waals surface area contributed by atoms with Gasteiger partial charge < -0.3 is 14.7 Å². The average molecular weight is 337 g/mol. The normalized spacial score (nSPS) is 15.4. The van der Waals surface area contributed by atoms with Crippen molar-refractivity contribution in [3.63, 3.8) is 0 Å². The summed E-state index contributed by atoms with van der Waals surface area (Å²) in [6, 6.07) is 7.21. The zero-order valence-electron chi connectivity index (χ0n) is 13.2. The average Bonchev–Trinajstić information content (AvgIpc) is 2.56. The highest BCUT2D eigenvalue weighted by Gasteiger charge is 2.39. The lowest BCUT2D eigenvalue weighted by atomic mass is 9.69. The number of benzene rings is 1. The van der Waals surface area contributed by atoms with Crippen LogP contribution in [0.1, 0.15) is 30.4 Å². The maximum atomic E-state index is 12.2. The quantitative estimate of drug-likeness (QED) is 0.775. The van der Waals surface area contributed by atoms with Crippen LogP contribution in [0.25, 0.3) is 0 Å². The van der Waals surface area contributed by atoms with Crippen LogP contribution in [0, 0.1) is 16.7 Å². The molecule has 1 saturated carbocycles. The lowest BCUT2D eigenvalue weighted by molar-refractivity contribution is -0.132. The number of hydrogen-bond acceptors (Lipinski definition) is 4. The number of alkyl halides is 1. The van der Waals surface area contributed by atoms with Gasteiger partial charge in [-0.2, -0.15) is 5.26 Å². The van der Waals surface area contributed by atoms with Crippen LogP contribution in [0.2, 0.25) is 0 Å². The molecule has 1 N–H and O–H groups in total. The van der Waals surface area contributed by atoms with Gasteiger partial charge in [-0.15, -0.1) is 11.6 Å². The minimum atomic E-state index is -0.207. The van der Waals surface area contributed by atoms with Crippen molar-refractivity contribution in [1.29, 1.82) is 5.26 Å². The first kappa shape index (κ1) is 17.6. The first-order valence-corrected chi connectivity index (χ1v) is 8.12. The highest BCUT2D eigenvalue weighted by molar-refractivity contribution is 6.27. The fourth-order valence-corrected chi connectivity index (χ4v) is 3.08. The number of aliphatic hydroxyl groups is 1. The van der Waals surface area contributed by atoms with E-state index < -0.39 is 0 Å². The highest BCUT2D eigenvalue weighted by Crippen LogP contribution is 2.41. The number of aliphatic hydroxyl groups excluding tert-OH is 1. The fraction of sp³-hybridized carbons (Fsp3) is 0.529. The predicted molar refractivity (Wildman–Crippen MR) is 87.2 cm³/mol. The molecule has 1 aliphatic carbocycles. The van der Waals surface area contributed by atoms with Crippen molar-refractivity contribution in [3.8, 4) is 11.8 Å². The SMILES string of the molecule is COc1cc(C#N)ccc1CN(CC1(CO)CCC1)C(=O)CCl. The van der Waals surface area contributed by atoms with E-state index >= 15 is 0 Å². The Morgan fingerprint density at radius 2 is 2.26 bits per heavy atom. The minimum Gasteiger partial charge on any atom is -0.496 e. The van der Waals surface area contributed by atoms with E-state index in [0.717, 1.165) is 24.8 Å². The lowest BCUT2D eigenvalue weighted by Crippen LogP contribution is -2.47. The monoisotopic (exact) mass is 336 g/mol. The van der Waals surface area contributed by atoms with Crippen molar-refractivity contribution in [2.24, 2.45) is 5.41 Å². The summed E-state index contributed by atoms with van der Waals surface area (Å²) in [7, 11) is 1.54. The lowest BCUT2D eigenvalue weighted by Gasteiger charge is -2.43. The maximum Gasteiger partial charge on any atom is 0.237 e. The van der Waals surface area contributed by atoms with Crippen molar-refractivity contribution in [1.82, 2.24) is 4.90 Å². The number of ether oxygens (including phenoxy) is 1. The smallest absolute Gasteiger partial charge is 0.237 e. The van der Waals surface area contributed by atoms with Crippen molar-refractivity contribution < 1.29 is 14.6 Å². The Bertz CT molecular complexity index is 603. The molecule has 1 aromatic rings. The van der Waals surface area contributed by atoms with E-state index in [0.29, 0.717) is 24.4 Å². The maximum absolute atomic E-state index is 12.2. The van der Waals surface area contributed by atoms with Crippen molar-refractivity contribution in [2.45, 2.75) is 25.8 Å². The fourth-order valence-electron chi connectivity index (χ4n) is 2.92. The van der Waals surface area contributed by atoms with E-state index in [9.17, 15) is 9.90 Å². The summed E-state index contributed by atoms with van der Waals surface area (Å²) >= 11 is 5.74. The highest BCUT2D eigenvalue weighted by atomic mass is 35.5. The van der Waals surface area contributed by atoms with Crippen molar-refractivity contribution >= 4 is 17.5 Å². The zero-order valence-corrected chi connectivity index (χ0v) is 14.0. The van der Waals surface area contributed by atoms with E-state index in [4.69, 9.17) is 21.6 Å². The number of amides is 1. The molecule has 0 unspecified atom stereocenters. The second-order valence-corrected chi connectivity index (χ2v) is 6.30. The van der Waals surface area contributed by atoms with Crippen LogP contribution >= 0.6 is 11.6 Å². The molecule has 1 aromatic carbocycles. The number of hydrogen-bond donors (Lipinski definition) is 1. The largest absolute Gasteiger partial charge is 0.496 e. The zero-order chi connectivity index (χ0) is 16.9. The summed E-state index contributed by atoms with van der Waals surface area (Å²) in [5.41, 5.74) is 1.12. The molecule has 0 atom stereocenters. The summed E-state index contributed by atoms with van der Waals surface area (Å²) < 4.78 is 5.33. The van der Waals surface area contributed by atoms with Crippen LogP contribution in [0.15, 0.2) is 18.2 Å². The number of methoxy groups -OCH3 is 1. The molecule has 124 valence electrons. The molecule has 6 heteroatoms. The van der Waals surface area contributed by atoms with Gasteiger partial charge in [0, 0.05) is 24.1 Å². The molecule has 0 bridgehead atoms. The Balaban J connectivity index is 2.21. The standard InChI is InChI=1S/C17H21ClN2O3/c1-23-15-7-13(9-19)3-4-14(15)10-20(16(22)8-18)11-17(12-21)5-2-6-17/h3-4,7,21H,2,5-6,8,10-12H2,1H3. The molecule has 1 aliphatic rings. The predicted octanol–water partition coefficient (Wildman–Crippen LogP) is 2.30. The third kappa shape index (κ3) is 3.95. The summed E-state index contributed by atoms with van der Waals surface area (Å²) in [6.45, 7) is 0.907. The Morgan fingerprint density at radius 1 is 1.52 bits per heavy atom. The van der Waals surface area contributed by atoms with Crippen molar-refractivity contribution in [2.75, 3.05) is 26.1 Å². The summed E-state index contributed by atoms with van der Waals surface area (Å²) in [4.78, 5) is 13.9. The van der Waals surface area contributed by atoms with Crippen LogP contribution in [0.5, 0.6) is 5.75 Å². The van der Waals surface area contributed by atoms with Gasteiger partial charge >= 0.3 is 0 Å². The molecule has 0 saturated heterocycles. The molecule has 0 radical (unpaired) electrons. The Labute approximate surface area is 141 Å². The van der Waals surface area contributed by atoms with E-state index in [-0.39, 0.29) is 23.8 Å². The second kappa shape index (κ2) is 7.67. The van der Waals surface area contributed by atoms with Crippen LogP contribution in [-0.4, -0.2) is 42.1 Å². The van der Waals surface area contributed by atoms with E-state index in [2.05, 4.69) is 6.07 Å². The van der Waals surface area contributed by atoms with Gasteiger partial charge in [-0.25, -0.2) is 0 Å².